The number of nitrogens with zero attached hydrogens (tertiary/aromatic N) is 1. The molecule has 0 aliphatic carbocycles. The molecule has 5 heteroatoms. The van der Waals surface area contributed by atoms with Crippen LogP contribution in [-0.4, -0.2) is 18.0 Å². The van der Waals surface area contributed by atoms with Crippen molar-refractivity contribution in [2.45, 2.75) is 13.3 Å². The summed E-state index contributed by atoms with van der Waals surface area (Å²) >= 11 is 0. The van der Waals surface area contributed by atoms with Gasteiger partial charge in [0.05, 0.1) is 12.1 Å². The Morgan fingerprint density at radius 1 is 1.35 bits per heavy atom. The number of nitrogens with one attached hydrogen (secondary N) is 1. The molecule has 1 heterocycles. The monoisotopic (exact) mass is 237 g/mol. The maximum absolute atomic E-state index is 12.2. The van der Waals surface area contributed by atoms with Gasteiger partial charge in [0.1, 0.15) is 0 Å². The SMILES string of the molecule is Cc1cc(NCC(F)F)c2cc(N)ccc2n1. The Balaban J connectivity index is 2.48. The lowest BCUT2D eigenvalue weighted by atomic mass is 10.1. The van der Waals surface area contributed by atoms with Crippen LogP contribution in [0.5, 0.6) is 0 Å². The van der Waals surface area contributed by atoms with Gasteiger partial charge in [0.15, 0.2) is 0 Å². The molecule has 0 amide bonds. The van der Waals surface area contributed by atoms with Crippen LogP contribution in [0.25, 0.3) is 10.9 Å². The fourth-order valence-electron chi connectivity index (χ4n) is 1.71. The van der Waals surface area contributed by atoms with E-state index >= 15 is 0 Å². The molecule has 1 aromatic heterocycles. The van der Waals surface area contributed by atoms with E-state index in [0.717, 1.165) is 16.6 Å². The van der Waals surface area contributed by atoms with Crippen LogP contribution in [-0.2, 0) is 0 Å². The van der Waals surface area contributed by atoms with Crippen molar-refractivity contribution in [2.75, 3.05) is 17.6 Å². The van der Waals surface area contributed by atoms with Gasteiger partial charge in [0.25, 0.3) is 6.43 Å². The molecule has 90 valence electrons. The van der Waals surface area contributed by atoms with E-state index in [0.29, 0.717) is 11.4 Å². The maximum Gasteiger partial charge on any atom is 0.255 e. The Hall–Kier alpha value is -1.91. The molecule has 0 atom stereocenters. The number of pyridine rings is 1. The van der Waals surface area contributed by atoms with Crippen LogP contribution in [0.1, 0.15) is 5.69 Å². The van der Waals surface area contributed by atoms with Crippen LogP contribution in [0.2, 0.25) is 0 Å². The number of hydrogen-bond acceptors (Lipinski definition) is 3. The highest BCUT2D eigenvalue weighted by molar-refractivity contribution is 5.93. The van der Waals surface area contributed by atoms with E-state index in [4.69, 9.17) is 5.73 Å². The van der Waals surface area contributed by atoms with Crippen molar-refractivity contribution < 1.29 is 8.78 Å². The molecule has 0 spiro atoms. The third-order valence-corrected chi connectivity index (χ3v) is 2.41. The summed E-state index contributed by atoms with van der Waals surface area (Å²) in [7, 11) is 0. The number of benzene rings is 1. The molecule has 17 heavy (non-hydrogen) atoms. The molecule has 0 bridgehead atoms. The standard InChI is InChI=1S/C12H13F2N3/c1-7-4-11(16-6-12(13)14)9-5-8(15)2-3-10(9)17-7/h2-5,12H,6,15H2,1H3,(H,16,17). The minimum atomic E-state index is -2.39. The number of nitrogens with two attached hydrogens (primary N) is 1. The number of nitrogen functional groups attached to an aromatic ring is 1. The summed E-state index contributed by atoms with van der Waals surface area (Å²) in [6.45, 7) is 1.44. The molecule has 0 aliphatic heterocycles. The summed E-state index contributed by atoms with van der Waals surface area (Å²) in [5, 5.41) is 3.47. The molecule has 2 aromatic rings. The Morgan fingerprint density at radius 2 is 2.12 bits per heavy atom. The molecule has 3 N–H and O–H groups in total. The number of hydrogen-bond donors (Lipinski definition) is 2. The van der Waals surface area contributed by atoms with Crippen molar-refractivity contribution in [3.8, 4) is 0 Å². The summed E-state index contributed by atoms with van der Waals surface area (Å²) in [5.41, 5.74) is 8.43. The van der Waals surface area contributed by atoms with E-state index in [-0.39, 0.29) is 6.54 Å². The second-order valence-corrected chi connectivity index (χ2v) is 3.86. The Bertz CT molecular complexity index is 541. The van der Waals surface area contributed by atoms with Gasteiger partial charge in [0, 0.05) is 22.5 Å². The van der Waals surface area contributed by atoms with Crippen molar-refractivity contribution in [3.63, 3.8) is 0 Å². The average Bonchev–Trinajstić information content (AvgIpc) is 2.26. The van der Waals surface area contributed by atoms with Gasteiger partial charge in [-0.15, -0.1) is 0 Å². The highest BCUT2D eigenvalue weighted by Gasteiger charge is 2.07. The fraction of sp³-hybridized carbons (Fsp3) is 0.250. The lowest BCUT2D eigenvalue weighted by molar-refractivity contribution is 0.163. The fourth-order valence-corrected chi connectivity index (χ4v) is 1.71. The Labute approximate surface area is 97.6 Å². The lowest BCUT2D eigenvalue weighted by Gasteiger charge is -2.10. The van der Waals surface area contributed by atoms with Crippen molar-refractivity contribution in [2.24, 2.45) is 0 Å². The Morgan fingerprint density at radius 3 is 2.82 bits per heavy atom. The average molecular weight is 237 g/mol. The van der Waals surface area contributed by atoms with Gasteiger partial charge in [-0.1, -0.05) is 0 Å². The van der Waals surface area contributed by atoms with Crippen molar-refractivity contribution in [1.29, 1.82) is 0 Å². The smallest absolute Gasteiger partial charge is 0.255 e. The molecule has 2 rings (SSSR count). The summed E-state index contributed by atoms with van der Waals surface area (Å²) in [4.78, 5) is 4.32. The van der Waals surface area contributed by atoms with Crippen LogP contribution in [0.3, 0.4) is 0 Å². The third kappa shape index (κ3) is 2.61. The molecule has 0 saturated heterocycles. The second kappa shape index (κ2) is 4.53. The van der Waals surface area contributed by atoms with Gasteiger partial charge < -0.3 is 11.1 Å². The van der Waals surface area contributed by atoms with Gasteiger partial charge in [-0.3, -0.25) is 4.98 Å². The topological polar surface area (TPSA) is 50.9 Å². The first-order valence-electron chi connectivity index (χ1n) is 5.25. The van der Waals surface area contributed by atoms with E-state index in [2.05, 4.69) is 10.3 Å². The number of aryl methyl sites for hydroxylation is 1. The molecule has 3 nitrogen and oxygen atoms in total. The number of anilines is 2. The summed E-state index contributed by atoms with van der Waals surface area (Å²) in [5.74, 6) is 0. The van der Waals surface area contributed by atoms with Crippen LogP contribution < -0.4 is 11.1 Å². The third-order valence-electron chi connectivity index (χ3n) is 2.41. The van der Waals surface area contributed by atoms with Crippen molar-refractivity contribution >= 4 is 22.3 Å². The number of rotatable bonds is 3. The van der Waals surface area contributed by atoms with E-state index in [1.165, 1.54) is 0 Å². The first kappa shape index (κ1) is 11.6. The van der Waals surface area contributed by atoms with Crippen molar-refractivity contribution in [3.05, 3.63) is 30.0 Å². The minimum Gasteiger partial charge on any atom is -0.399 e. The Kier molecular flexibility index (Phi) is 3.08. The summed E-state index contributed by atoms with van der Waals surface area (Å²) in [6, 6.07) is 7.00. The van der Waals surface area contributed by atoms with E-state index in [9.17, 15) is 8.78 Å². The van der Waals surface area contributed by atoms with Crippen molar-refractivity contribution in [1.82, 2.24) is 4.98 Å². The predicted octanol–water partition coefficient (Wildman–Crippen LogP) is 2.80. The van der Waals surface area contributed by atoms with Gasteiger partial charge in [-0.2, -0.15) is 0 Å². The van der Waals surface area contributed by atoms with E-state index in [1.54, 1.807) is 24.3 Å². The normalized spacial score (nSPS) is 11.1. The van der Waals surface area contributed by atoms with E-state index in [1.807, 2.05) is 6.92 Å². The van der Waals surface area contributed by atoms with E-state index < -0.39 is 6.43 Å². The predicted molar refractivity (Wildman–Crippen MR) is 65.4 cm³/mol. The lowest BCUT2D eigenvalue weighted by Crippen LogP contribution is -2.10. The number of fused-ring (bicyclic) bond motifs is 1. The van der Waals surface area contributed by atoms with Gasteiger partial charge in [-0.05, 0) is 31.2 Å². The zero-order chi connectivity index (χ0) is 12.4. The highest BCUT2D eigenvalue weighted by Crippen LogP contribution is 2.25. The van der Waals surface area contributed by atoms with Gasteiger partial charge in [0.2, 0.25) is 0 Å². The zero-order valence-electron chi connectivity index (χ0n) is 9.37. The number of alkyl halides is 2. The minimum absolute atomic E-state index is 0.382. The van der Waals surface area contributed by atoms with Gasteiger partial charge >= 0.3 is 0 Å². The second-order valence-electron chi connectivity index (χ2n) is 3.86. The first-order valence-corrected chi connectivity index (χ1v) is 5.25. The van der Waals surface area contributed by atoms with Crippen LogP contribution in [0.15, 0.2) is 24.3 Å². The summed E-state index contributed by atoms with van der Waals surface area (Å²) in [6.07, 6.45) is -2.39. The molecule has 0 fully saturated rings. The van der Waals surface area contributed by atoms with Crippen LogP contribution in [0, 0.1) is 6.92 Å². The molecule has 0 unspecified atom stereocenters. The van der Waals surface area contributed by atoms with Gasteiger partial charge in [-0.25, -0.2) is 8.78 Å². The summed E-state index contributed by atoms with van der Waals surface area (Å²) < 4.78 is 24.4. The molecule has 0 radical (unpaired) electrons. The largest absolute Gasteiger partial charge is 0.399 e. The molecule has 1 aromatic carbocycles. The highest BCUT2D eigenvalue weighted by atomic mass is 19.3. The quantitative estimate of drug-likeness (QED) is 0.807. The number of halogens is 2. The van der Waals surface area contributed by atoms with Crippen LogP contribution >= 0.6 is 0 Å². The molecule has 0 aliphatic rings. The maximum atomic E-state index is 12.2. The molecular weight excluding hydrogens is 224 g/mol. The first-order chi connectivity index (χ1) is 8.06. The molecule has 0 saturated carbocycles. The zero-order valence-corrected chi connectivity index (χ0v) is 9.37. The molecular formula is C12H13F2N3. The number of aromatic nitrogens is 1. The van der Waals surface area contributed by atoms with Crippen LogP contribution in [0.4, 0.5) is 20.2 Å².